The molecule has 1 aromatic carbocycles. The first-order valence-corrected chi connectivity index (χ1v) is 7.08. The molecule has 0 aliphatic rings. The second-order valence-corrected chi connectivity index (χ2v) is 5.28. The molecule has 4 heteroatoms. The summed E-state index contributed by atoms with van der Waals surface area (Å²) in [6, 6.07) is 9.63. The largest absolute Gasteiger partial charge is 0.494 e. The Morgan fingerprint density at radius 3 is 2.40 bits per heavy atom. The summed E-state index contributed by atoms with van der Waals surface area (Å²) in [4.78, 5) is 2.24. The minimum atomic E-state index is -0.308. The molecule has 0 fully saturated rings. The molecule has 1 N–H and O–H groups in total. The molecule has 0 aliphatic heterocycles. The van der Waals surface area contributed by atoms with Crippen LogP contribution < -0.4 is 4.74 Å². The van der Waals surface area contributed by atoms with E-state index in [1.807, 2.05) is 19.1 Å². The van der Waals surface area contributed by atoms with E-state index < -0.39 is 0 Å². The number of hydrogen-bond donors (Lipinski definition) is 1. The molecule has 0 aromatic heterocycles. The summed E-state index contributed by atoms with van der Waals surface area (Å²) < 4.78 is 5.64. The highest BCUT2D eigenvalue weighted by Gasteiger charge is 2.11. The molecule has 0 bridgehead atoms. The number of nitriles is 1. The summed E-state index contributed by atoms with van der Waals surface area (Å²) in [6.45, 7) is 8.29. The van der Waals surface area contributed by atoms with Crippen molar-refractivity contribution in [2.75, 3.05) is 19.7 Å². The van der Waals surface area contributed by atoms with Crippen molar-refractivity contribution in [2.45, 2.75) is 39.3 Å². The predicted octanol–water partition coefficient (Wildman–Crippen LogP) is 2.42. The fraction of sp³-hybridized carbons (Fsp3) is 0.562. The van der Waals surface area contributed by atoms with E-state index in [1.54, 1.807) is 12.1 Å². The van der Waals surface area contributed by atoms with Crippen LogP contribution in [-0.4, -0.2) is 41.8 Å². The van der Waals surface area contributed by atoms with E-state index >= 15 is 0 Å². The molecule has 4 nitrogen and oxygen atoms in total. The van der Waals surface area contributed by atoms with Crippen LogP contribution >= 0.6 is 0 Å². The molecule has 0 radical (unpaired) electrons. The average Bonchev–Trinajstić information content (AvgIpc) is 2.42. The van der Waals surface area contributed by atoms with Gasteiger partial charge in [0.25, 0.3) is 0 Å². The van der Waals surface area contributed by atoms with Crippen LogP contribution in [0.4, 0.5) is 0 Å². The molecule has 0 spiro atoms. The second kappa shape index (κ2) is 8.57. The van der Waals surface area contributed by atoms with Gasteiger partial charge in [0, 0.05) is 19.1 Å². The van der Waals surface area contributed by atoms with Gasteiger partial charge in [0.15, 0.2) is 0 Å². The normalized spacial score (nSPS) is 12.4. The first kappa shape index (κ1) is 16.5. The Balaban J connectivity index is 2.30. The smallest absolute Gasteiger partial charge is 0.119 e. The highest BCUT2D eigenvalue weighted by molar-refractivity contribution is 5.34. The molecular formula is C16H24N2O2. The lowest BCUT2D eigenvalue weighted by molar-refractivity contribution is 0.103. The van der Waals surface area contributed by atoms with Crippen molar-refractivity contribution in [3.63, 3.8) is 0 Å². The van der Waals surface area contributed by atoms with E-state index in [0.717, 1.165) is 18.7 Å². The van der Waals surface area contributed by atoms with Crippen LogP contribution in [0.2, 0.25) is 0 Å². The third kappa shape index (κ3) is 6.05. The standard InChI is InChI=1S/C16H24N2O2/c1-13(2)18(12-14(3)19)9-4-10-20-16-7-5-15(11-17)6-8-16/h5-8,13-14,19H,4,9-10,12H2,1-3H3. The van der Waals surface area contributed by atoms with Crippen molar-refractivity contribution in [3.05, 3.63) is 29.8 Å². The van der Waals surface area contributed by atoms with E-state index in [1.165, 1.54) is 0 Å². The lowest BCUT2D eigenvalue weighted by Gasteiger charge is -2.27. The second-order valence-electron chi connectivity index (χ2n) is 5.28. The van der Waals surface area contributed by atoms with Crippen molar-refractivity contribution in [3.8, 4) is 11.8 Å². The molecule has 1 rings (SSSR count). The lowest BCUT2D eigenvalue weighted by atomic mass is 10.2. The van der Waals surface area contributed by atoms with Crippen LogP contribution in [0.1, 0.15) is 32.8 Å². The molecule has 1 unspecified atom stereocenters. The minimum absolute atomic E-state index is 0.308. The first-order chi connectivity index (χ1) is 9.52. The Morgan fingerprint density at radius 1 is 1.25 bits per heavy atom. The van der Waals surface area contributed by atoms with Gasteiger partial charge in [0.05, 0.1) is 24.3 Å². The van der Waals surface area contributed by atoms with Crippen molar-refractivity contribution < 1.29 is 9.84 Å². The molecule has 1 aromatic rings. The first-order valence-electron chi connectivity index (χ1n) is 7.08. The summed E-state index contributed by atoms with van der Waals surface area (Å²) >= 11 is 0. The fourth-order valence-corrected chi connectivity index (χ4v) is 1.98. The number of aliphatic hydroxyl groups is 1. The summed E-state index contributed by atoms with van der Waals surface area (Å²) in [5, 5.41) is 18.2. The monoisotopic (exact) mass is 276 g/mol. The molecule has 0 aliphatic carbocycles. The van der Waals surface area contributed by atoms with Crippen LogP contribution in [0, 0.1) is 11.3 Å². The molecular weight excluding hydrogens is 252 g/mol. The Bertz CT molecular complexity index is 421. The van der Waals surface area contributed by atoms with Crippen molar-refractivity contribution in [1.82, 2.24) is 4.90 Å². The van der Waals surface area contributed by atoms with Gasteiger partial charge in [-0.3, -0.25) is 4.90 Å². The Kier molecular flexibility index (Phi) is 7.06. The van der Waals surface area contributed by atoms with Gasteiger partial charge in [-0.1, -0.05) is 0 Å². The Labute approximate surface area is 121 Å². The van der Waals surface area contributed by atoms with E-state index in [9.17, 15) is 5.11 Å². The van der Waals surface area contributed by atoms with E-state index in [0.29, 0.717) is 24.8 Å². The Hall–Kier alpha value is -1.57. The van der Waals surface area contributed by atoms with Crippen LogP contribution in [-0.2, 0) is 0 Å². The zero-order chi connectivity index (χ0) is 15.0. The highest BCUT2D eigenvalue weighted by Crippen LogP contribution is 2.12. The number of nitrogens with zero attached hydrogens (tertiary/aromatic N) is 2. The topological polar surface area (TPSA) is 56.5 Å². The maximum absolute atomic E-state index is 9.46. The van der Waals surface area contributed by atoms with Gasteiger partial charge in [-0.15, -0.1) is 0 Å². The van der Waals surface area contributed by atoms with Gasteiger partial charge in [0.2, 0.25) is 0 Å². The average molecular weight is 276 g/mol. The van der Waals surface area contributed by atoms with Gasteiger partial charge >= 0.3 is 0 Å². The summed E-state index contributed by atoms with van der Waals surface area (Å²) in [7, 11) is 0. The molecule has 1 atom stereocenters. The van der Waals surface area contributed by atoms with E-state index in [4.69, 9.17) is 10.00 Å². The zero-order valence-electron chi connectivity index (χ0n) is 12.5. The lowest BCUT2D eigenvalue weighted by Crippen LogP contribution is -2.37. The number of aliphatic hydroxyl groups excluding tert-OH is 1. The number of ether oxygens (including phenoxy) is 1. The molecule has 110 valence electrons. The summed E-state index contributed by atoms with van der Waals surface area (Å²) in [5.41, 5.74) is 0.639. The van der Waals surface area contributed by atoms with Crippen LogP contribution in [0.15, 0.2) is 24.3 Å². The summed E-state index contributed by atoms with van der Waals surface area (Å²) in [5.74, 6) is 0.788. The molecule has 20 heavy (non-hydrogen) atoms. The van der Waals surface area contributed by atoms with Crippen molar-refractivity contribution in [1.29, 1.82) is 5.26 Å². The van der Waals surface area contributed by atoms with Gasteiger partial charge in [-0.05, 0) is 51.5 Å². The highest BCUT2D eigenvalue weighted by atomic mass is 16.5. The quantitative estimate of drug-likeness (QED) is 0.741. The molecule has 0 saturated heterocycles. The van der Waals surface area contributed by atoms with Gasteiger partial charge in [0.1, 0.15) is 5.75 Å². The number of benzene rings is 1. The minimum Gasteiger partial charge on any atom is -0.494 e. The third-order valence-corrected chi connectivity index (χ3v) is 3.07. The number of hydrogen-bond acceptors (Lipinski definition) is 4. The van der Waals surface area contributed by atoms with E-state index in [-0.39, 0.29) is 6.10 Å². The van der Waals surface area contributed by atoms with Crippen molar-refractivity contribution in [2.24, 2.45) is 0 Å². The van der Waals surface area contributed by atoms with Gasteiger partial charge < -0.3 is 9.84 Å². The molecule has 0 heterocycles. The van der Waals surface area contributed by atoms with E-state index in [2.05, 4.69) is 24.8 Å². The van der Waals surface area contributed by atoms with Crippen molar-refractivity contribution >= 4 is 0 Å². The zero-order valence-corrected chi connectivity index (χ0v) is 12.5. The molecule has 0 saturated carbocycles. The Morgan fingerprint density at radius 2 is 1.90 bits per heavy atom. The van der Waals surface area contributed by atoms with Gasteiger partial charge in [-0.2, -0.15) is 5.26 Å². The maximum atomic E-state index is 9.46. The molecule has 0 amide bonds. The van der Waals surface area contributed by atoms with Gasteiger partial charge in [-0.25, -0.2) is 0 Å². The maximum Gasteiger partial charge on any atom is 0.119 e. The van der Waals surface area contributed by atoms with Crippen LogP contribution in [0.3, 0.4) is 0 Å². The third-order valence-electron chi connectivity index (χ3n) is 3.07. The summed E-state index contributed by atoms with van der Waals surface area (Å²) in [6.07, 6.45) is 0.599. The number of rotatable bonds is 8. The van der Waals surface area contributed by atoms with Crippen LogP contribution in [0.25, 0.3) is 0 Å². The van der Waals surface area contributed by atoms with Crippen LogP contribution in [0.5, 0.6) is 5.75 Å². The SMILES string of the molecule is CC(O)CN(CCCOc1ccc(C#N)cc1)C(C)C. The fourth-order valence-electron chi connectivity index (χ4n) is 1.98. The predicted molar refractivity (Wildman–Crippen MR) is 79.7 cm³/mol.